The van der Waals surface area contributed by atoms with E-state index in [9.17, 15) is 0 Å². The van der Waals surface area contributed by atoms with Gasteiger partial charge in [0.1, 0.15) is 0 Å². The van der Waals surface area contributed by atoms with Crippen molar-refractivity contribution in [2.24, 2.45) is 5.92 Å². The Balaban J connectivity index is 1.46. The first-order valence-corrected chi connectivity index (χ1v) is 8.19. The molecule has 2 aliphatic carbocycles. The summed E-state index contributed by atoms with van der Waals surface area (Å²) in [6, 6.07) is 6.16. The van der Waals surface area contributed by atoms with Gasteiger partial charge in [-0.25, -0.2) is 0 Å². The molecule has 3 rings (SSSR count). The van der Waals surface area contributed by atoms with Gasteiger partial charge < -0.3 is 5.32 Å². The zero-order chi connectivity index (χ0) is 12.4. The topological polar surface area (TPSA) is 15.3 Å². The molecule has 1 N–H and O–H groups in total. The van der Waals surface area contributed by atoms with Crippen LogP contribution in [0.3, 0.4) is 0 Å². The number of nitrogens with one attached hydrogen (secondary N) is 1. The van der Waals surface area contributed by atoms with Crippen LogP contribution in [-0.4, -0.2) is 30.1 Å². The van der Waals surface area contributed by atoms with Gasteiger partial charge in [0.05, 0.1) is 0 Å². The molecule has 0 radical (unpaired) electrons. The lowest BCUT2D eigenvalue weighted by Crippen LogP contribution is -2.35. The molecule has 0 spiro atoms. The van der Waals surface area contributed by atoms with Gasteiger partial charge in [0.2, 0.25) is 0 Å². The highest BCUT2D eigenvalue weighted by Gasteiger charge is 2.30. The summed E-state index contributed by atoms with van der Waals surface area (Å²) in [5.41, 5.74) is 0. The van der Waals surface area contributed by atoms with Crippen molar-refractivity contribution in [2.45, 2.75) is 51.2 Å². The summed E-state index contributed by atoms with van der Waals surface area (Å²) in [6.07, 6.45) is 5.62. The molecule has 1 unspecified atom stereocenters. The van der Waals surface area contributed by atoms with Crippen molar-refractivity contribution in [1.82, 2.24) is 10.2 Å². The van der Waals surface area contributed by atoms with Crippen molar-refractivity contribution < 1.29 is 0 Å². The molecule has 0 amide bonds. The van der Waals surface area contributed by atoms with Gasteiger partial charge in [-0.1, -0.05) is 13.0 Å². The Morgan fingerprint density at radius 1 is 1.39 bits per heavy atom. The molecule has 2 saturated carbocycles. The molecule has 0 aromatic carbocycles. The highest BCUT2D eigenvalue weighted by atomic mass is 32.1. The van der Waals surface area contributed by atoms with Gasteiger partial charge in [-0.2, -0.15) is 0 Å². The van der Waals surface area contributed by atoms with Crippen LogP contribution in [0.25, 0.3) is 0 Å². The van der Waals surface area contributed by atoms with Crippen molar-refractivity contribution in [1.29, 1.82) is 0 Å². The Morgan fingerprint density at radius 3 is 2.83 bits per heavy atom. The third-order valence-electron chi connectivity index (χ3n) is 3.88. The minimum absolute atomic E-state index is 0.770. The van der Waals surface area contributed by atoms with E-state index in [4.69, 9.17) is 0 Å². The maximum atomic E-state index is 3.66. The second kappa shape index (κ2) is 5.72. The van der Waals surface area contributed by atoms with E-state index in [1.807, 2.05) is 11.3 Å². The van der Waals surface area contributed by atoms with Crippen molar-refractivity contribution in [3.63, 3.8) is 0 Å². The molecule has 1 atom stereocenters. The molecule has 2 aliphatic rings. The molecule has 0 saturated heterocycles. The summed E-state index contributed by atoms with van der Waals surface area (Å²) >= 11 is 1.89. The first-order valence-electron chi connectivity index (χ1n) is 7.31. The smallest absolute Gasteiger partial charge is 0.0330 e. The van der Waals surface area contributed by atoms with Gasteiger partial charge in [0.15, 0.2) is 0 Å². The second-order valence-electron chi connectivity index (χ2n) is 6.03. The first-order chi connectivity index (χ1) is 8.81. The van der Waals surface area contributed by atoms with Gasteiger partial charge in [-0.05, 0) is 49.6 Å². The summed E-state index contributed by atoms with van der Waals surface area (Å²) in [7, 11) is 0. The summed E-state index contributed by atoms with van der Waals surface area (Å²) in [5.74, 6) is 0.770. The summed E-state index contributed by atoms with van der Waals surface area (Å²) < 4.78 is 0. The van der Waals surface area contributed by atoms with Crippen molar-refractivity contribution in [2.75, 3.05) is 13.1 Å². The summed E-state index contributed by atoms with van der Waals surface area (Å²) in [4.78, 5) is 4.22. The van der Waals surface area contributed by atoms with Crippen LogP contribution in [0.1, 0.15) is 37.5 Å². The molecule has 2 nitrogen and oxygen atoms in total. The monoisotopic (exact) mass is 264 g/mol. The fraction of sp³-hybridized carbons (Fsp3) is 0.733. The van der Waals surface area contributed by atoms with Crippen molar-refractivity contribution in [3.05, 3.63) is 22.4 Å². The Kier molecular flexibility index (Phi) is 4.02. The van der Waals surface area contributed by atoms with E-state index in [0.29, 0.717) is 0 Å². The normalized spacial score (nSPS) is 21.4. The second-order valence-corrected chi connectivity index (χ2v) is 7.06. The molecule has 3 heteroatoms. The van der Waals surface area contributed by atoms with Gasteiger partial charge in [0, 0.05) is 30.1 Å². The molecule has 1 heterocycles. The van der Waals surface area contributed by atoms with Crippen LogP contribution >= 0.6 is 11.3 Å². The van der Waals surface area contributed by atoms with E-state index in [-0.39, 0.29) is 0 Å². The largest absolute Gasteiger partial charge is 0.314 e. The van der Waals surface area contributed by atoms with Crippen LogP contribution in [-0.2, 0) is 6.54 Å². The number of thiophene rings is 1. The lowest BCUT2D eigenvalue weighted by Gasteiger charge is -2.25. The highest BCUT2D eigenvalue weighted by Crippen LogP contribution is 2.30. The molecule has 1 aromatic rings. The van der Waals surface area contributed by atoms with E-state index >= 15 is 0 Å². The Morgan fingerprint density at radius 2 is 2.22 bits per heavy atom. The molecule has 100 valence electrons. The quantitative estimate of drug-likeness (QED) is 0.776. The number of hydrogen-bond acceptors (Lipinski definition) is 3. The van der Waals surface area contributed by atoms with E-state index in [0.717, 1.165) is 24.5 Å². The fourth-order valence-corrected chi connectivity index (χ4v) is 3.23. The predicted molar refractivity (Wildman–Crippen MR) is 77.9 cm³/mol. The minimum Gasteiger partial charge on any atom is -0.314 e. The molecule has 0 bridgehead atoms. The van der Waals surface area contributed by atoms with Crippen LogP contribution in [0.5, 0.6) is 0 Å². The van der Waals surface area contributed by atoms with Crippen LogP contribution < -0.4 is 5.32 Å². The Hall–Kier alpha value is -0.380. The van der Waals surface area contributed by atoms with Gasteiger partial charge >= 0.3 is 0 Å². The molecular weight excluding hydrogens is 240 g/mol. The van der Waals surface area contributed by atoms with Crippen molar-refractivity contribution in [3.8, 4) is 0 Å². The van der Waals surface area contributed by atoms with Gasteiger partial charge in [-0.15, -0.1) is 11.3 Å². The lowest BCUT2D eigenvalue weighted by atomic mass is 10.1. The predicted octanol–water partition coefficient (Wildman–Crippen LogP) is 3.10. The molecule has 2 fully saturated rings. The summed E-state index contributed by atoms with van der Waals surface area (Å²) in [5, 5.41) is 5.85. The van der Waals surface area contributed by atoms with E-state index in [1.54, 1.807) is 0 Å². The molecule has 1 aromatic heterocycles. The molecule has 18 heavy (non-hydrogen) atoms. The average molecular weight is 264 g/mol. The zero-order valence-electron chi connectivity index (χ0n) is 11.3. The molecule has 0 aliphatic heterocycles. The SMILES string of the molecule is CC(CNC1CC1)CN(Cc1cccs1)C1CC1. The van der Waals surface area contributed by atoms with E-state index < -0.39 is 0 Å². The van der Waals surface area contributed by atoms with Crippen LogP contribution in [0.15, 0.2) is 17.5 Å². The standard InChI is InChI=1S/C15H24N2S/c1-12(9-16-13-4-5-13)10-17(14-6-7-14)11-15-3-2-8-18-15/h2-3,8,12-14,16H,4-7,9-11H2,1H3. The molecular formula is C15H24N2S. The number of nitrogens with zero attached hydrogens (tertiary/aromatic N) is 1. The Labute approximate surface area is 114 Å². The number of rotatable bonds is 8. The Bertz CT molecular complexity index is 355. The maximum Gasteiger partial charge on any atom is 0.0330 e. The third-order valence-corrected chi connectivity index (χ3v) is 4.74. The zero-order valence-corrected chi connectivity index (χ0v) is 12.1. The lowest BCUT2D eigenvalue weighted by molar-refractivity contribution is 0.218. The van der Waals surface area contributed by atoms with Gasteiger partial charge in [0.25, 0.3) is 0 Å². The van der Waals surface area contributed by atoms with Gasteiger partial charge in [-0.3, -0.25) is 4.90 Å². The first kappa shape index (κ1) is 12.6. The fourth-order valence-electron chi connectivity index (χ4n) is 2.51. The van der Waals surface area contributed by atoms with Crippen LogP contribution in [0.4, 0.5) is 0 Å². The summed E-state index contributed by atoms with van der Waals surface area (Å²) in [6.45, 7) is 6.00. The minimum atomic E-state index is 0.770. The van der Waals surface area contributed by atoms with E-state index in [2.05, 4.69) is 34.7 Å². The maximum absolute atomic E-state index is 3.66. The number of hydrogen-bond donors (Lipinski definition) is 1. The third kappa shape index (κ3) is 3.81. The van der Waals surface area contributed by atoms with Crippen LogP contribution in [0.2, 0.25) is 0 Å². The van der Waals surface area contributed by atoms with Crippen molar-refractivity contribution >= 4 is 11.3 Å². The van der Waals surface area contributed by atoms with E-state index in [1.165, 1.54) is 43.6 Å². The highest BCUT2D eigenvalue weighted by molar-refractivity contribution is 7.09. The van der Waals surface area contributed by atoms with Crippen LogP contribution in [0, 0.1) is 5.92 Å². The average Bonchev–Trinajstić information content (AvgIpc) is 3.27.